The Morgan fingerprint density at radius 3 is 2.51 bits per heavy atom. The Hall–Kier alpha value is -4.09. The van der Waals surface area contributed by atoms with Gasteiger partial charge in [-0.3, -0.25) is 9.78 Å². The van der Waals surface area contributed by atoms with Gasteiger partial charge in [-0.15, -0.1) is 0 Å². The lowest BCUT2D eigenvalue weighted by Crippen LogP contribution is -2.36. The number of urea groups is 1. The van der Waals surface area contributed by atoms with Gasteiger partial charge in [0, 0.05) is 49.0 Å². The standard InChI is InChI=1S/C26H27N5O5S/c32-24(9-8-22-19-23(10-12-27-22)31-14-16-36-17-15-31)20-4-6-21(7-5-20)30-26(33)29-13-18-37(34,35)25-3-1-2-11-28-25/h1-12,19H,13-18H2,(H2,29,30,33). The molecule has 11 heteroatoms. The maximum atomic E-state index is 12.6. The minimum Gasteiger partial charge on any atom is -0.378 e. The fraction of sp³-hybridized carbons (Fsp3) is 0.231. The highest BCUT2D eigenvalue weighted by atomic mass is 32.2. The molecule has 192 valence electrons. The van der Waals surface area contributed by atoms with Crippen LogP contribution in [0.4, 0.5) is 16.2 Å². The molecule has 0 atom stereocenters. The number of hydrogen-bond acceptors (Lipinski definition) is 8. The molecule has 2 amide bonds. The van der Waals surface area contributed by atoms with Crippen LogP contribution in [0.25, 0.3) is 6.08 Å². The van der Waals surface area contributed by atoms with Gasteiger partial charge in [-0.25, -0.2) is 18.2 Å². The summed E-state index contributed by atoms with van der Waals surface area (Å²) in [4.78, 5) is 35.1. The van der Waals surface area contributed by atoms with Crippen molar-refractivity contribution in [1.29, 1.82) is 0 Å². The van der Waals surface area contributed by atoms with E-state index >= 15 is 0 Å². The molecule has 10 nitrogen and oxygen atoms in total. The van der Waals surface area contributed by atoms with Gasteiger partial charge in [-0.1, -0.05) is 6.07 Å². The first-order valence-electron chi connectivity index (χ1n) is 11.7. The number of nitrogens with zero attached hydrogens (tertiary/aromatic N) is 3. The number of ketones is 1. The fourth-order valence-corrected chi connectivity index (χ4v) is 4.72. The van der Waals surface area contributed by atoms with Crippen LogP contribution in [0.2, 0.25) is 0 Å². The molecular weight excluding hydrogens is 494 g/mol. The number of nitrogens with one attached hydrogen (secondary N) is 2. The first kappa shape index (κ1) is 26.0. The summed E-state index contributed by atoms with van der Waals surface area (Å²) >= 11 is 0. The predicted octanol–water partition coefficient (Wildman–Crippen LogP) is 2.80. The molecule has 1 aliphatic rings. The van der Waals surface area contributed by atoms with Crippen LogP contribution in [0, 0.1) is 0 Å². The zero-order valence-corrected chi connectivity index (χ0v) is 20.9. The van der Waals surface area contributed by atoms with Crippen LogP contribution >= 0.6 is 0 Å². The van der Waals surface area contributed by atoms with Crippen molar-refractivity contribution in [3.63, 3.8) is 0 Å². The minimum absolute atomic E-state index is 0.0351. The summed E-state index contributed by atoms with van der Waals surface area (Å²) in [6.07, 6.45) is 6.25. The normalized spacial score (nSPS) is 13.9. The number of carbonyl (C=O) groups is 2. The van der Waals surface area contributed by atoms with Crippen molar-refractivity contribution in [2.24, 2.45) is 0 Å². The molecule has 37 heavy (non-hydrogen) atoms. The van der Waals surface area contributed by atoms with Crippen molar-refractivity contribution >= 4 is 39.1 Å². The lowest BCUT2D eigenvalue weighted by atomic mass is 10.1. The van der Waals surface area contributed by atoms with E-state index < -0.39 is 15.9 Å². The third-order valence-electron chi connectivity index (χ3n) is 5.59. The molecule has 0 spiro atoms. The molecule has 0 saturated carbocycles. The number of amides is 2. The van der Waals surface area contributed by atoms with Crippen LogP contribution < -0.4 is 15.5 Å². The summed E-state index contributed by atoms with van der Waals surface area (Å²) in [5.41, 5.74) is 2.63. The van der Waals surface area contributed by atoms with Crippen molar-refractivity contribution < 1.29 is 22.7 Å². The molecule has 1 fully saturated rings. The van der Waals surface area contributed by atoms with E-state index in [1.807, 2.05) is 12.1 Å². The number of anilines is 2. The number of carbonyl (C=O) groups excluding carboxylic acids is 2. The van der Waals surface area contributed by atoms with E-state index in [4.69, 9.17) is 4.74 Å². The van der Waals surface area contributed by atoms with Gasteiger partial charge in [0.1, 0.15) is 0 Å². The highest BCUT2D eigenvalue weighted by Gasteiger charge is 2.16. The Balaban J connectivity index is 1.27. The predicted molar refractivity (Wildman–Crippen MR) is 140 cm³/mol. The maximum Gasteiger partial charge on any atom is 0.319 e. The van der Waals surface area contributed by atoms with Gasteiger partial charge >= 0.3 is 6.03 Å². The summed E-state index contributed by atoms with van der Waals surface area (Å²) < 4.78 is 29.8. The molecule has 0 radical (unpaired) electrons. The highest BCUT2D eigenvalue weighted by molar-refractivity contribution is 7.91. The van der Waals surface area contributed by atoms with Crippen molar-refractivity contribution in [1.82, 2.24) is 15.3 Å². The van der Waals surface area contributed by atoms with E-state index in [1.165, 1.54) is 18.3 Å². The van der Waals surface area contributed by atoms with Crippen LogP contribution in [0.15, 0.2) is 78.1 Å². The SMILES string of the molecule is O=C(NCCS(=O)(=O)c1ccccn1)Nc1ccc(C(=O)C=Cc2cc(N3CCOCC3)ccn2)cc1. The smallest absolute Gasteiger partial charge is 0.319 e. The first-order chi connectivity index (χ1) is 17.9. The van der Waals surface area contributed by atoms with Crippen LogP contribution in [0.3, 0.4) is 0 Å². The number of pyridine rings is 2. The molecule has 2 aromatic heterocycles. The molecule has 3 heterocycles. The summed E-state index contributed by atoms with van der Waals surface area (Å²) in [5, 5.41) is 5.09. The van der Waals surface area contributed by atoms with Gasteiger partial charge < -0.3 is 20.3 Å². The van der Waals surface area contributed by atoms with E-state index in [-0.39, 0.29) is 23.1 Å². The van der Waals surface area contributed by atoms with Gasteiger partial charge in [0.2, 0.25) is 0 Å². The monoisotopic (exact) mass is 521 g/mol. The Labute approximate surface area is 215 Å². The topological polar surface area (TPSA) is 131 Å². The highest BCUT2D eigenvalue weighted by Crippen LogP contribution is 2.17. The number of rotatable bonds is 9. The lowest BCUT2D eigenvalue weighted by molar-refractivity contribution is 0.104. The molecule has 4 rings (SSSR count). The van der Waals surface area contributed by atoms with E-state index in [1.54, 1.807) is 48.7 Å². The Morgan fingerprint density at radius 1 is 1.00 bits per heavy atom. The summed E-state index contributed by atoms with van der Waals surface area (Å²) in [6.45, 7) is 2.93. The van der Waals surface area contributed by atoms with Crippen LogP contribution in [-0.2, 0) is 14.6 Å². The van der Waals surface area contributed by atoms with Gasteiger partial charge in [-0.05, 0) is 60.7 Å². The fourth-order valence-electron chi connectivity index (χ4n) is 3.63. The first-order valence-corrected chi connectivity index (χ1v) is 13.4. The third kappa shape index (κ3) is 7.45. The quantitative estimate of drug-likeness (QED) is 0.325. The average molecular weight is 522 g/mol. The number of ether oxygens (including phenoxy) is 1. The van der Waals surface area contributed by atoms with Crippen LogP contribution in [0.1, 0.15) is 16.1 Å². The number of benzene rings is 1. The third-order valence-corrected chi connectivity index (χ3v) is 7.21. The maximum absolute atomic E-state index is 12.6. The van der Waals surface area contributed by atoms with E-state index in [0.717, 1.165) is 18.8 Å². The van der Waals surface area contributed by atoms with Crippen LogP contribution in [0.5, 0.6) is 0 Å². The minimum atomic E-state index is -3.59. The molecule has 2 N–H and O–H groups in total. The summed E-state index contributed by atoms with van der Waals surface area (Å²) in [6, 6.07) is 14.3. The van der Waals surface area contributed by atoms with Crippen molar-refractivity contribution in [3.8, 4) is 0 Å². The second kappa shape index (κ2) is 12.2. The van der Waals surface area contributed by atoms with Gasteiger partial charge in [-0.2, -0.15) is 0 Å². The van der Waals surface area contributed by atoms with E-state index in [2.05, 4.69) is 25.5 Å². The van der Waals surface area contributed by atoms with E-state index in [0.29, 0.717) is 30.2 Å². The van der Waals surface area contributed by atoms with Gasteiger partial charge in [0.25, 0.3) is 0 Å². The zero-order valence-electron chi connectivity index (χ0n) is 20.0. The second-order valence-electron chi connectivity index (χ2n) is 8.18. The lowest BCUT2D eigenvalue weighted by Gasteiger charge is -2.28. The Kier molecular flexibility index (Phi) is 8.60. The second-order valence-corrected chi connectivity index (χ2v) is 10.2. The van der Waals surface area contributed by atoms with Gasteiger partial charge in [0.05, 0.1) is 24.7 Å². The molecule has 1 saturated heterocycles. The Morgan fingerprint density at radius 2 is 1.78 bits per heavy atom. The molecule has 0 unspecified atom stereocenters. The van der Waals surface area contributed by atoms with Crippen molar-refractivity contribution in [2.75, 3.05) is 48.8 Å². The number of hydrogen-bond donors (Lipinski definition) is 2. The molecule has 1 aromatic carbocycles. The molecule has 3 aromatic rings. The summed E-state index contributed by atoms with van der Waals surface area (Å²) in [7, 11) is -3.59. The van der Waals surface area contributed by atoms with Gasteiger partial charge in [0.15, 0.2) is 20.6 Å². The van der Waals surface area contributed by atoms with E-state index in [9.17, 15) is 18.0 Å². The number of aromatic nitrogens is 2. The zero-order chi connectivity index (χ0) is 26.1. The average Bonchev–Trinajstić information content (AvgIpc) is 2.93. The number of morpholine rings is 1. The molecular formula is C26H27N5O5S. The molecule has 0 aliphatic carbocycles. The van der Waals surface area contributed by atoms with Crippen molar-refractivity contribution in [3.05, 3.63) is 84.3 Å². The number of allylic oxidation sites excluding steroid dienone is 1. The summed E-state index contributed by atoms with van der Waals surface area (Å²) in [5.74, 6) is -0.476. The number of sulfone groups is 1. The van der Waals surface area contributed by atoms with Crippen LogP contribution in [-0.4, -0.2) is 68.8 Å². The largest absolute Gasteiger partial charge is 0.378 e. The Bertz CT molecular complexity index is 1360. The molecule has 0 bridgehead atoms. The van der Waals surface area contributed by atoms with Crippen molar-refractivity contribution in [2.45, 2.75) is 5.03 Å². The molecule has 1 aliphatic heterocycles.